The van der Waals surface area contributed by atoms with E-state index in [9.17, 15) is 14.7 Å². The second-order valence-corrected chi connectivity index (χ2v) is 8.42. The van der Waals surface area contributed by atoms with E-state index in [0.29, 0.717) is 23.2 Å². The van der Waals surface area contributed by atoms with Gasteiger partial charge in [-0.2, -0.15) is 11.8 Å². The first kappa shape index (κ1) is 22.7. The highest BCUT2D eigenvalue weighted by Gasteiger charge is 2.17. The zero-order valence-electron chi connectivity index (χ0n) is 17.6. The van der Waals surface area contributed by atoms with Gasteiger partial charge in [-0.3, -0.25) is 4.79 Å². The first-order chi connectivity index (χ1) is 15.0. The van der Waals surface area contributed by atoms with E-state index in [2.05, 4.69) is 10.2 Å². The van der Waals surface area contributed by atoms with Gasteiger partial charge in [-0.1, -0.05) is 36.4 Å². The molecule has 7 heteroatoms. The Labute approximate surface area is 186 Å². The lowest BCUT2D eigenvalue weighted by Gasteiger charge is -2.12. The number of hydrogen-bond acceptors (Lipinski definition) is 5. The molecule has 1 heterocycles. The highest BCUT2D eigenvalue weighted by Crippen LogP contribution is 2.27. The van der Waals surface area contributed by atoms with Crippen LogP contribution in [0, 0.1) is 0 Å². The summed E-state index contributed by atoms with van der Waals surface area (Å²) < 4.78 is 5.79. The molecule has 0 atom stereocenters. The molecule has 6 nitrogen and oxygen atoms in total. The zero-order chi connectivity index (χ0) is 22.2. The van der Waals surface area contributed by atoms with E-state index in [1.165, 1.54) is 0 Å². The summed E-state index contributed by atoms with van der Waals surface area (Å²) in [6.45, 7) is 1.27. The molecule has 0 aliphatic rings. The van der Waals surface area contributed by atoms with Crippen molar-refractivity contribution in [3.63, 3.8) is 0 Å². The lowest BCUT2D eigenvalue weighted by Crippen LogP contribution is -2.26. The lowest BCUT2D eigenvalue weighted by atomic mass is 9.95. The molecule has 0 saturated heterocycles. The fraction of sp³-hybridized carbons (Fsp3) is 0.250. The molecule has 0 bridgehead atoms. The van der Waals surface area contributed by atoms with Crippen molar-refractivity contribution >= 4 is 23.6 Å². The van der Waals surface area contributed by atoms with Crippen molar-refractivity contribution in [3.05, 3.63) is 83.3 Å². The normalized spacial score (nSPS) is 10.9. The Hall–Kier alpha value is -3.03. The number of thioether (sulfide) groups is 1. The van der Waals surface area contributed by atoms with Gasteiger partial charge in [0.25, 0.3) is 5.91 Å². The van der Waals surface area contributed by atoms with E-state index in [1.807, 2.05) is 26.2 Å². The van der Waals surface area contributed by atoms with Crippen molar-refractivity contribution in [2.75, 3.05) is 26.4 Å². The molecule has 0 unspecified atom stereocenters. The number of rotatable bonds is 10. The number of aromatic carboxylic acids is 1. The van der Waals surface area contributed by atoms with Crippen molar-refractivity contribution in [3.8, 4) is 11.1 Å². The van der Waals surface area contributed by atoms with Gasteiger partial charge < -0.3 is 19.7 Å². The van der Waals surface area contributed by atoms with Crippen LogP contribution in [0.1, 0.15) is 32.2 Å². The Kier molecular flexibility index (Phi) is 7.92. The standard InChI is InChI=1S/C24H26N2O4S/c1-26(2)15-17-11-12-18(30-17)16-31-14-13-25-23(27)21-9-5-3-7-19(21)20-8-4-6-10-22(20)24(28)29/h3-12H,13-16H2,1-2H3,(H,25,27)(H,28,29). The van der Waals surface area contributed by atoms with Crippen molar-refractivity contribution in [2.45, 2.75) is 12.3 Å². The average Bonchev–Trinajstić information content (AvgIpc) is 3.19. The van der Waals surface area contributed by atoms with Gasteiger partial charge in [0.1, 0.15) is 11.5 Å². The average molecular weight is 439 g/mol. The van der Waals surface area contributed by atoms with Crippen LogP contribution in [0.5, 0.6) is 0 Å². The Morgan fingerprint density at radius 2 is 1.55 bits per heavy atom. The molecule has 0 saturated carbocycles. The third-order valence-electron chi connectivity index (χ3n) is 4.58. The maximum absolute atomic E-state index is 12.8. The molecule has 31 heavy (non-hydrogen) atoms. The maximum atomic E-state index is 12.8. The molecule has 0 fully saturated rings. The summed E-state index contributed by atoms with van der Waals surface area (Å²) in [5.41, 5.74) is 1.77. The van der Waals surface area contributed by atoms with Gasteiger partial charge in [0, 0.05) is 17.9 Å². The van der Waals surface area contributed by atoms with Gasteiger partial charge in [0.05, 0.1) is 17.9 Å². The number of carbonyl (C=O) groups is 2. The smallest absolute Gasteiger partial charge is 0.336 e. The molecule has 162 valence electrons. The molecule has 1 amide bonds. The molecular weight excluding hydrogens is 412 g/mol. The molecule has 2 N–H and O–H groups in total. The second-order valence-electron chi connectivity index (χ2n) is 7.31. The number of carbonyl (C=O) groups excluding carboxylic acids is 1. The number of nitrogens with one attached hydrogen (secondary N) is 1. The van der Waals surface area contributed by atoms with E-state index in [0.717, 1.165) is 29.6 Å². The van der Waals surface area contributed by atoms with Gasteiger partial charge >= 0.3 is 5.97 Å². The molecular formula is C24H26N2O4S. The number of benzene rings is 2. The maximum Gasteiger partial charge on any atom is 0.336 e. The Morgan fingerprint density at radius 1 is 0.935 bits per heavy atom. The van der Waals surface area contributed by atoms with Crippen molar-refractivity contribution < 1.29 is 19.1 Å². The molecule has 3 rings (SSSR count). The third kappa shape index (κ3) is 6.23. The van der Waals surface area contributed by atoms with Crippen LogP contribution in [0.3, 0.4) is 0 Å². The number of amides is 1. The van der Waals surface area contributed by atoms with Gasteiger partial charge in [0.15, 0.2) is 0 Å². The van der Waals surface area contributed by atoms with Crippen LogP contribution in [-0.4, -0.2) is 48.3 Å². The van der Waals surface area contributed by atoms with E-state index < -0.39 is 5.97 Å². The Balaban J connectivity index is 1.56. The quantitative estimate of drug-likeness (QED) is 0.458. The number of carboxylic acids is 1. The number of hydrogen-bond donors (Lipinski definition) is 2. The number of nitrogens with zero attached hydrogens (tertiary/aromatic N) is 1. The van der Waals surface area contributed by atoms with Crippen LogP contribution in [0.25, 0.3) is 11.1 Å². The van der Waals surface area contributed by atoms with Gasteiger partial charge in [-0.25, -0.2) is 4.79 Å². The summed E-state index contributed by atoms with van der Waals surface area (Å²) in [7, 11) is 4.00. The molecule has 0 radical (unpaired) electrons. The van der Waals surface area contributed by atoms with Crippen LogP contribution in [0.2, 0.25) is 0 Å². The molecule has 1 aromatic heterocycles. The Bertz CT molecular complexity index is 1050. The van der Waals surface area contributed by atoms with E-state index in [1.54, 1.807) is 60.3 Å². The van der Waals surface area contributed by atoms with Crippen molar-refractivity contribution in [2.24, 2.45) is 0 Å². The van der Waals surface area contributed by atoms with Crippen LogP contribution in [0.15, 0.2) is 65.1 Å². The summed E-state index contributed by atoms with van der Waals surface area (Å²) in [6, 6.07) is 17.7. The fourth-order valence-electron chi connectivity index (χ4n) is 3.22. The third-order valence-corrected chi connectivity index (χ3v) is 5.57. The fourth-order valence-corrected chi connectivity index (χ4v) is 3.97. The minimum Gasteiger partial charge on any atom is -0.478 e. The van der Waals surface area contributed by atoms with Gasteiger partial charge in [-0.15, -0.1) is 0 Å². The van der Waals surface area contributed by atoms with Crippen LogP contribution >= 0.6 is 11.8 Å². The van der Waals surface area contributed by atoms with Gasteiger partial charge in [0.2, 0.25) is 0 Å². The molecule has 0 spiro atoms. The van der Waals surface area contributed by atoms with E-state index >= 15 is 0 Å². The Morgan fingerprint density at radius 3 is 2.23 bits per heavy atom. The van der Waals surface area contributed by atoms with E-state index in [-0.39, 0.29) is 11.5 Å². The first-order valence-corrected chi connectivity index (χ1v) is 11.1. The van der Waals surface area contributed by atoms with Crippen LogP contribution in [-0.2, 0) is 12.3 Å². The number of carboxylic acid groups (broad SMARTS) is 1. The monoisotopic (exact) mass is 438 g/mol. The minimum atomic E-state index is -1.02. The highest BCUT2D eigenvalue weighted by atomic mass is 32.2. The zero-order valence-corrected chi connectivity index (χ0v) is 18.4. The predicted molar refractivity (Wildman–Crippen MR) is 123 cm³/mol. The minimum absolute atomic E-state index is 0.172. The summed E-state index contributed by atoms with van der Waals surface area (Å²) in [5.74, 6) is 2.10. The molecule has 2 aromatic carbocycles. The van der Waals surface area contributed by atoms with Crippen LogP contribution in [0.4, 0.5) is 0 Å². The summed E-state index contributed by atoms with van der Waals surface area (Å²) in [5, 5.41) is 12.4. The van der Waals surface area contributed by atoms with Gasteiger partial charge in [-0.05, 0) is 49.5 Å². The van der Waals surface area contributed by atoms with Crippen LogP contribution < -0.4 is 5.32 Å². The van der Waals surface area contributed by atoms with E-state index in [4.69, 9.17) is 4.42 Å². The summed E-state index contributed by atoms with van der Waals surface area (Å²) >= 11 is 1.68. The molecule has 0 aliphatic carbocycles. The molecule has 0 aliphatic heterocycles. The second kappa shape index (κ2) is 10.8. The van der Waals surface area contributed by atoms with Crippen molar-refractivity contribution in [1.29, 1.82) is 0 Å². The summed E-state index contributed by atoms with van der Waals surface area (Å²) in [6.07, 6.45) is 0. The van der Waals surface area contributed by atoms with Crippen molar-refractivity contribution in [1.82, 2.24) is 10.2 Å². The largest absolute Gasteiger partial charge is 0.478 e. The number of furan rings is 1. The highest BCUT2D eigenvalue weighted by molar-refractivity contribution is 7.98. The lowest BCUT2D eigenvalue weighted by molar-refractivity contribution is 0.0697. The SMILES string of the molecule is CN(C)Cc1ccc(CSCCNC(=O)c2ccccc2-c2ccccc2C(=O)O)o1. The predicted octanol–water partition coefficient (Wildman–Crippen LogP) is 4.37. The summed E-state index contributed by atoms with van der Waals surface area (Å²) in [4.78, 5) is 26.4. The molecule has 3 aromatic rings. The first-order valence-electron chi connectivity index (χ1n) is 9.95. The topological polar surface area (TPSA) is 82.8 Å².